The Labute approximate surface area is 166 Å². The van der Waals surface area contributed by atoms with Crippen LogP contribution in [-0.4, -0.2) is 38.6 Å². The largest absolute Gasteiger partial charge is 0.393 e. The zero-order valence-corrected chi connectivity index (χ0v) is 16.6. The van der Waals surface area contributed by atoms with Gasteiger partial charge in [-0.05, 0) is 38.5 Å². The molecule has 2 aromatic heterocycles. The highest BCUT2D eigenvalue weighted by molar-refractivity contribution is 7.09. The summed E-state index contributed by atoms with van der Waals surface area (Å²) < 4.78 is 13.0. The van der Waals surface area contributed by atoms with Crippen molar-refractivity contribution < 1.29 is 14.3 Å². The highest BCUT2D eigenvalue weighted by Crippen LogP contribution is 2.26. The molecule has 1 amide bonds. The SMILES string of the molecule is Cc1cc(-c2ncc(F)cn2)ccc1C(=O)NCC(c1scnc1C)C(C)O. The zero-order chi connectivity index (χ0) is 20.3. The second-order valence-electron chi connectivity index (χ2n) is 6.61. The summed E-state index contributed by atoms with van der Waals surface area (Å²) in [4.78, 5) is 25.8. The van der Waals surface area contributed by atoms with Gasteiger partial charge in [-0.2, -0.15) is 0 Å². The van der Waals surface area contributed by atoms with Gasteiger partial charge in [0.15, 0.2) is 11.6 Å². The maximum absolute atomic E-state index is 13.0. The standard InChI is InChI=1S/C20H21FN4O2S/c1-11-6-14(19-22-7-15(21)8-23-19)4-5-16(11)20(27)24-9-17(13(3)26)18-12(2)25-10-28-18/h4-8,10,13,17,26H,9H2,1-3H3,(H,24,27). The average molecular weight is 400 g/mol. The Hall–Kier alpha value is -2.71. The van der Waals surface area contributed by atoms with Gasteiger partial charge in [0, 0.05) is 28.5 Å². The molecule has 1 aromatic carbocycles. The molecule has 2 unspecified atom stereocenters. The fourth-order valence-corrected chi connectivity index (χ4v) is 3.97. The van der Waals surface area contributed by atoms with E-state index in [0.29, 0.717) is 23.5 Å². The van der Waals surface area contributed by atoms with Crippen molar-refractivity contribution >= 4 is 17.2 Å². The summed E-state index contributed by atoms with van der Waals surface area (Å²) in [5.74, 6) is -0.549. The van der Waals surface area contributed by atoms with Crippen molar-refractivity contribution in [3.05, 3.63) is 63.6 Å². The van der Waals surface area contributed by atoms with Gasteiger partial charge < -0.3 is 10.4 Å². The van der Waals surface area contributed by atoms with Gasteiger partial charge in [0.05, 0.1) is 29.7 Å². The van der Waals surface area contributed by atoms with E-state index in [0.717, 1.165) is 28.5 Å². The van der Waals surface area contributed by atoms with E-state index >= 15 is 0 Å². The molecule has 2 atom stereocenters. The van der Waals surface area contributed by atoms with Crippen molar-refractivity contribution in [2.24, 2.45) is 0 Å². The lowest BCUT2D eigenvalue weighted by Crippen LogP contribution is -2.33. The summed E-state index contributed by atoms with van der Waals surface area (Å²) in [6, 6.07) is 5.22. The van der Waals surface area contributed by atoms with Crippen molar-refractivity contribution in [2.75, 3.05) is 6.54 Å². The third kappa shape index (κ3) is 4.40. The van der Waals surface area contributed by atoms with Gasteiger partial charge in [0.2, 0.25) is 0 Å². The number of hydrogen-bond donors (Lipinski definition) is 2. The maximum Gasteiger partial charge on any atom is 0.251 e. The van der Waals surface area contributed by atoms with Crippen LogP contribution in [0.1, 0.15) is 39.3 Å². The number of aryl methyl sites for hydroxylation is 2. The molecule has 2 N–H and O–H groups in total. The Morgan fingerprint density at radius 2 is 1.96 bits per heavy atom. The quantitative estimate of drug-likeness (QED) is 0.663. The number of nitrogens with zero attached hydrogens (tertiary/aromatic N) is 3. The van der Waals surface area contributed by atoms with E-state index in [1.165, 1.54) is 11.3 Å². The molecule has 6 nitrogen and oxygen atoms in total. The molecule has 3 aromatic rings. The van der Waals surface area contributed by atoms with Crippen molar-refractivity contribution in [1.82, 2.24) is 20.3 Å². The van der Waals surface area contributed by atoms with E-state index in [9.17, 15) is 14.3 Å². The average Bonchev–Trinajstić information content (AvgIpc) is 3.07. The minimum Gasteiger partial charge on any atom is -0.393 e. The van der Waals surface area contributed by atoms with Gasteiger partial charge in [0.1, 0.15) is 0 Å². The van der Waals surface area contributed by atoms with Crippen LogP contribution in [0.2, 0.25) is 0 Å². The number of thiazole rings is 1. The van der Waals surface area contributed by atoms with Crippen molar-refractivity contribution in [3.8, 4) is 11.4 Å². The van der Waals surface area contributed by atoms with E-state index in [4.69, 9.17) is 0 Å². The molecule has 3 rings (SSSR count). The normalized spacial score (nSPS) is 13.2. The fourth-order valence-electron chi connectivity index (χ4n) is 2.97. The molecule has 8 heteroatoms. The molecule has 0 saturated carbocycles. The van der Waals surface area contributed by atoms with Crippen LogP contribution in [-0.2, 0) is 0 Å². The zero-order valence-electron chi connectivity index (χ0n) is 15.8. The third-order valence-corrected chi connectivity index (χ3v) is 5.60. The molecule has 0 spiro atoms. The molecule has 0 bridgehead atoms. The number of benzene rings is 1. The van der Waals surface area contributed by atoms with Crippen molar-refractivity contribution in [1.29, 1.82) is 0 Å². The van der Waals surface area contributed by atoms with Crippen molar-refractivity contribution in [2.45, 2.75) is 32.8 Å². The molecule has 0 aliphatic rings. The third-order valence-electron chi connectivity index (χ3n) is 4.53. The topological polar surface area (TPSA) is 88.0 Å². The van der Waals surface area contributed by atoms with Gasteiger partial charge >= 0.3 is 0 Å². The molecule has 146 valence electrons. The van der Waals surface area contributed by atoms with Gasteiger partial charge in [-0.15, -0.1) is 11.3 Å². The Morgan fingerprint density at radius 1 is 1.25 bits per heavy atom. The second-order valence-corrected chi connectivity index (χ2v) is 7.50. The van der Waals surface area contributed by atoms with Crippen LogP contribution in [0, 0.1) is 19.7 Å². The first kappa shape index (κ1) is 20.0. The first-order valence-electron chi connectivity index (χ1n) is 8.81. The molecule has 0 radical (unpaired) electrons. The summed E-state index contributed by atoms with van der Waals surface area (Å²) in [6.07, 6.45) is 1.60. The molecular weight excluding hydrogens is 379 g/mol. The molecule has 0 fully saturated rings. The van der Waals surface area contributed by atoms with E-state index < -0.39 is 11.9 Å². The fraction of sp³-hybridized carbons (Fsp3) is 0.300. The second kappa shape index (κ2) is 8.53. The summed E-state index contributed by atoms with van der Waals surface area (Å²) >= 11 is 1.47. The lowest BCUT2D eigenvalue weighted by molar-refractivity contribution is 0.0936. The van der Waals surface area contributed by atoms with E-state index in [1.807, 2.05) is 13.8 Å². The number of halogens is 1. The maximum atomic E-state index is 13.0. The number of aromatic nitrogens is 3. The van der Waals surface area contributed by atoms with E-state index in [-0.39, 0.29) is 11.8 Å². The smallest absolute Gasteiger partial charge is 0.251 e. The molecule has 28 heavy (non-hydrogen) atoms. The predicted octanol–water partition coefficient (Wildman–Crippen LogP) is 3.25. The van der Waals surface area contributed by atoms with Crippen LogP contribution in [0.15, 0.2) is 36.1 Å². The van der Waals surface area contributed by atoms with Crippen LogP contribution in [0.3, 0.4) is 0 Å². The van der Waals surface area contributed by atoms with Crippen LogP contribution in [0.4, 0.5) is 4.39 Å². The Kier molecular flexibility index (Phi) is 6.11. The number of aliphatic hydroxyl groups excluding tert-OH is 1. The number of carbonyl (C=O) groups excluding carboxylic acids is 1. The van der Waals surface area contributed by atoms with Gasteiger partial charge in [-0.1, -0.05) is 6.07 Å². The Balaban J connectivity index is 1.73. The van der Waals surface area contributed by atoms with Gasteiger partial charge in [0.25, 0.3) is 5.91 Å². The highest BCUT2D eigenvalue weighted by atomic mass is 32.1. The number of nitrogens with one attached hydrogen (secondary N) is 1. The van der Waals surface area contributed by atoms with Gasteiger partial charge in [-0.25, -0.2) is 19.3 Å². The summed E-state index contributed by atoms with van der Waals surface area (Å²) in [7, 11) is 0. The predicted molar refractivity (Wildman–Crippen MR) is 106 cm³/mol. The molecular formula is C20H21FN4O2S. The lowest BCUT2D eigenvalue weighted by Gasteiger charge is -2.20. The van der Waals surface area contributed by atoms with Crippen LogP contribution < -0.4 is 5.32 Å². The number of amides is 1. The van der Waals surface area contributed by atoms with E-state index in [2.05, 4.69) is 20.3 Å². The summed E-state index contributed by atoms with van der Waals surface area (Å²) in [5, 5.41) is 13.0. The minimum atomic E-state index is -0.612. The Morgan fingerprint density at radius 3 is 2.54 bits per heavy atom. The van der Waals surface area contributed by atoms with Crippen molar-refractivity contribution in [3.63, 3.8) is 0 Å². The summed E-state index contributed by atoms with van der Waals surface area (Å²) in [5.41, 5.74) is 4.59. The number of hydrogen-bond acceptors (Lipinski definition) is 6. The molecule has 0 aliphatic heterocycles. The number of carbonyl (C=O) groups is 1. The molecule has 0 aliphatic carbocycles. The van der Waals surface area contributed by atoms with Crippen LogP contribution >= 0.6 is 11.3 Å². The first-order valence-corrected chi connectivity index (χ1v) is 9.69. The first-order chi connectivity index (χ1) is 13.4. The van der Waals surface area contributed by atoms with Gasteiger partial charge in [-0.3, -0.25) is 4.79 Å². The number of aliphatic hydroxyl groups is 1. The molecule has 2 heterocycles. The Bertz CT molecular complexity index is 973. The van der Waals surface area contributed by atoms with Crippen LogP contribution in [0.5, 0.6) is 0 Å². The van der Waals surface area contributed by atoms with E-state index in [1.54, 1.807) is 30.6 Å². The minimum absolute atomic E-state index is 0.219. The monoisotopic (exact) mass is 400 g/mol. The number of rotatable bonds is 6. The van der Waals surface area contributed by atoms with Crippen LogP contribution in [0.25, 0.3) is 11.4 Å². The molecule has 0 saturated heterocycles. The summed E-state index contributed by atoms with van der Waals surface area (Å²) in [6.45, 7) is 5.73. The lowest BCUT2D eigenvalue weighted by atomic mass is 9.99. The highest BCUT2D eigenvalue weighted by Gasteiger charge is 2.22.